The SMILES string of the molecule is C=CCCCC([Si])OC(Cn1c2ccccc2c2ccccc21)(n1c2ccccc2c2ccccc21)n1c2ccccc2c2ccccc21. The van der Waals surface area contributed by atoms with Crippen molar-refractivity contribution in [3.05, 3.63) is 158 Å². The van der Waals surface area contributed by atoms with Gasteiger partial charge in [0.15, 0.2) is 0 Å². The summed E-state index contributed by atoms with van der Waals surface area (Å²) in [5, 5.41) is 7.27. The van der Waals surface area contributed by atoms with Crippen molar-refractivity contribution in [2.75, 3.05) is 0 Å². The van der Waals surface area contributed by atoms with Crippen LogP contribution in [0.4, 0.5) is 0 Å². The van der Waals surface area contributed by atoms with Crippen LogP contribution in [-0.2, 0) is 17.1 Å². The van der Waals surface area contributed by atoms with Crippen molar-refractivity contribution < 1.29 is 4.74 Å². The highest BCUT2D eigenvalue weighted by Crippen LogP contribution is 2.44. The van der Waals surface area contributed by atoms with Gasteiger partial charge < -0.3 is 9.30 Å². The van der Waals surface area contributed by atoms with Crippen LogP contribution < -0.4 is 0 Å². The Hall–Kier alpha value is -5.36. The predicted molar refractivity (Wildman–Crippen MR) is 206 cm³/mol. The molecule has 4 nitrogen and oxygen atoms in total. The van der Waals surface area contributed by atoms with Crippen LogP contribution in [-0.4, -0.2) is 29.7 Å². The number of hydrogen-bond donors (Lipinski definition) is 0. The summed E-state index contributed by atoms with van der Waals surface area (Å²) in [5.41, 5.74) is 6.58. The summed E-state index contributed by atoms with van der Waals surface area (Å²) in [6, 6.07) is 52.6. The number of nitrogens with zero attached hydrogens (tertiary/aromatic N) is 3. The number of hydrogen-bond acceptors (Lipinski definition) is 1. The molecule has 6 aromatic carbocycles. The standard InChI is InChI=1S/C44H36N3OSi/c1-2-3-4-29-43(49)48-44(46-39-25-13-7-19-33(39)34-20-8-14-26-40(34)46,47-41-27-15-9-21-35(41)36-22-10-16-28-42(36)47)30-45-37-23-11-5-17-31(37)32-18-6-12-24-38(32)45/h2,5-28,43H,1,3-4,29-30H2. The van der Waals surface area contributed by atoms with Gasteiger partial charge in [-0.3, -0.25) is 9.13 Å². The molecule has 3 radical (unpaired) electrons. The van der Waals surface area contributed by atoms with Crippen LogP contribution in [0.25, 0.3) is 65.4 Å². The monoisotopic (exact) mass is 650 g/mol. The highest BCUT2D eigenvalue weighted by Gasteiger charge is 2.43. The fourth-order valence-electron chi connectivity index (χ4n) is 8.10. The molecule has 0 spiro atoms. The maximum absolute atomic E-state index is 7.76. The highest BCUT2D eigenvalue weighted by atomic mass is 28.1. The molecule has 1 atom stereocenters. The average Bonchev–Trinajstić information content (AvgIpc) is 3.78. The van der Waals surface area contributed by atoms with E-state index in [0.717, 1.165) is 41.3 Å². The lowest BCUT2D eigenvalue weighted by atomic mass is 10.2. The van der Waals surface area contributed by atoms with E-state index in [-0.39, 0.29) is 5.73 Å². The minimum atomic E-state index is -1.07. The van der Waals surface area contributed by atoms with Crippen molar-refractivity contribution in [3.63, 3.8) is 0 Å². The van der Waals surface area contributed by atoms with Gasteiger partial charge in [-0.15, -0.1) is 6.58 Å². The predicted octanol–water partition coefficient (Wildman–Crippen LogP) is 10.7. The van der Waals surface area contributed by atoms with Crippen LogP contribution in [0.1, 0.15) is 19.3 Å². The van der Waals surface area contributed by atoms with Crippen LogP contribution in [0.2, 0.25) is 0 Å². The summed E-state index contributed by atoms with van der Waals surface area (Å²) >= 11 is 0. The quantitative estimate of drug-likeness (QED) is 0.0821. The second-order valence-corrected chi connectivity index (χ2v) is 13.6. The number of aromatic nitrogens is 3. The van der Waals surface area contributed by atoms with Crippen molar-refractivity contribution in [3.8, 4) is 0 Å². The number of ether oxygens (including phenoxy) is 1. The molecule has 49 heavy (non-hydrogen) atoms. The normalized spacial score (nSPS) is 13.0. The zero-order chi connectivity index (χ0) is 33.0. The molecule has 9 aromatic rings. The van der Waals surface area contributed by atoms with E-state index >= 15 is 0 Å². The van der Waals surface area contributed by atoms with Gasteiger partial charge in [0, 0.05) is 49.1 Å². The Morgan fingerprint density at radius 1 is 0.531 bits per heavy atom. The molecule has 237 valence electrons. The lowest BCUT2D eigenvalue weighted by Gasteiger charge is -2.42. The van der Waals surface area contributed by atoms with Crippen LogP contribution >= 0.6 is 0 Å². The Morgan fingerprint density at radius 2 is 0.857 bits per heavy atom. The van der Waals surface area contributed by atoms with Gasteiger partial charge in [0.1, 0.15) is 0 Å². The molecular formula is C44H36N3OSi. The van der Waals surface area contributed by atoms with Gasteiger partial charge in [-0.2, -0.15) is 0 Å². The molecule has 0 bridgehead atoms. The number of fused-ring (bicyclic) bond motifs is 9. The van der Waals surface area contributed by atoms with Gasteiger partial charge in [-0.1, -0.05) is 115 Å². The Kier molecular flexibility index (Phi) is 7.26. The molecule has 3 heterocycles. The van der Waals surface area contributed by atoms with E-state index in [0.29, 0.717) is 6.54 Å². The third kappa shape index (κ3) is 4.61. The second kappa shape index (κ2) is 12.0. The molecule has 0 amide bonds. The summed E-state index contributed by atoms with van der Waals surface area (Å²) in [7, 11) is 4.15. The van der Waals surface area contributed by atoms with Crippen molar-refractivity contribution in [2.45, 2.75) is 37.4 Å². The van der Waals surface area contributed by atoms with Gasteiger partial charge in [0.25, 0.3) is 0 Å². The maximum Gasteiger partial charge on any atom is 0.249 e. The van der Waals surface area contributed by atoms with Crippen molar-refractivity contribution in [2.24, 2.45) is 0 Å². The summed E-state index contributed by atoms with van der Waals surface area (Å²) in [5.74, 6) is -1.07. The van der Waals surface area contributed by atoms with Crippen molar-refractivity contribution >= 4 is 75.7 Å². The second-order valence-electron chi connectivity index (χ2n) is 12.9. The zero-order valence-corrected chi connectivity index (χ0v) is 28.3. The Balaban J connectivity index is 1.47. The Morgan fingerprint density at radius 3 is 1.22 bits per heavy atom. The zero-order valence-electron chi connectivity index (χ0n) is 27.3. The van der Waals surface area contributed by atoms with E-state index in [1.807, 2.05) is 6.08 Å². The molecule has 0 N–H and O–H groups in total. The molecule has 0 aliphatic carbocycles. The third-order valence-corrected chi connectivity index (χ3v) is 10.5. The first-order chi connectivity index (χ1) is 24.2. The first-order valence-corrected chi connectivity index (χ1v) is 17.7. The molecule has 1 unspecified atom stereocenters. The summed E-state index contributed by atoms with van der Waals surface area (Å²) in [6.07, 6.45) is 4.70. The van der Waals surface area contributed by atoms with Crippen LogP contribution in [0.3, 0.4) is 0 Å². The summed E-state index contributed by atoms with van der Waals surface area (Å²) in [6.45, 7) is 4.50. The van der Waals surface area contributed by atoms with Crippen LogP contribution in [0.5, 0.6) is 0 Å². The first-order valence-electron chi connectivity index (χ1n) is 17.1. The maximum atomic E-state index is 7.76. The smallest absolute Gasteiger partial charge is 0.249 e. The lowest BCUT2D eigenvalue weighted by molar-refractivity contribution is -0.145. The van der Waals surface area contributed by atoms with Gasteiger partial charge >= 0.3 is 0 Å². The van der Waals surface area contributed by atoms with E-state index in [1.54, 1.807) is 0 Å². The van der Waals surface area contributed by atoms with Gasteiger partial charge in [0.2, 0.25) is 5.85 Å². The minimum absolute atomic E-state index is 0.257. The highest BCUT2D eigenvalue weighted by molar-refractivity contribution is 6.12. The molecule has 5 heteroatoms. The van der Waals surface area contributed by atoms with Gasteiger partial charge in [-0.25, -0.2) is 0 Å². The molecule has 0 aliphatic rings. The van der Waals surface area contributed by atoms with Gasteiger partial charge in [0.05, 0.1) is 38.9 Å². The third-order valence-electron chi connectivity index (χ3n) is 10.1. The summed E-state index contributed by atoms with van der Waals surface area (Å²) < 4.78 is 15.2. The average molecular weight is 651 g/mol. The molecule has 0 saturated carbocycles. The molecule has 0 saturated heterocycles. The fourth-order valence-corrected chi connectivity index (χ4v) is 8.49. The van der Waals surface area contributed by atoms with Crippen LogP contribution in [0.15, 0.2) is 158 Å². The lowest BCUT2D eigenvalue weighted by Crippen LogP contribution is -2.49. The van der Waals surface area contributed by atoms with E-state index in [1.165, 1.54) is 43.4 Å². The van der Waals surface area contributed by atoms with Crippen molar-refractivity contribution in [1.82, 2.24) is 13.7 Å². The summed E-state index contributed by atoms with van der Waals surface area (Å²) in [4.78, 5) is 0. The number of allylic oxidation sites excluding steroid dienone is 1. The first kappa shape index (κ1) is 29.8. The number of benzene rings is 6. The molecule has 0 fully saturated rings. The number of rotatable bonds is 10. The fraction of sp³-hybridized carbons (Fsp3) is 0.136. The van der Waals surface area contributed by atoms with Gasteiger partial charge in [-0.05, 0) is 55.7 Å². The number of unbranched alkanes of at least 4 members (excludes halogenated alkanes) is 1. The van der Waals surface area contributed by atoms with Crippen molar-refractivity contribution in [1.29, 1.82) is 0 Å². The van der Waals surface area contributed by atoms with E-state index in [9.17, 15) is 0 Å². The topological polar surface area (TPSA) is 24.0 Å². The molecule has 3 aromatic heterocycles. The number of para-hydroxylation sites is 6. The van der Waals surface area contributed by atoms with E-state index in [4.69, 9.17) is 4.74 Å². The largest absolute Gasteiger partial charge is 0.337 e. The minimum Gasteiger partial charge on any atom is -0.337 e. The van der Waals surface area contributed by atoms with E-state index < -0.39 is 5.85 Å². The molecule has 0 aliphatic heterocycles. The van der Waals surface area contributed by atoms with E-state index in [2.05, 4.69) is 176 Å². The Bertz CT molecular complexity index is 2390. The molecule has 9 rings (SSSR count). The van der Waals surface area contributed by atoms with Crippen LogP contribution in [0, 0.1) is 0 Å². The Labute approximate surface area is 288 Å². The molecular weight excluding hydrogens is 615 g/mol.